The van der Waals surface area contributed by atoms with Crippen LogP contribution in [0.15, 0.2) is 12.7 Å². The Balaban J connectivity index is 1.93. The molecule has 1 aliphatic carbocycles. The van der Waals surface area contributed by atoms with Crippen LogP contribution in [0.4, 0.5) is 4.79 Å². The van der Waals surface area contributed by atoms with Crippen molar-refractivity contribution in [2.24, 2.45) is 5.92 Å². The second kappa shape index (κ2) is 6.08. The highest BCUT2D eigenvalue weighted by Gasteiger charge is 2.35. The highest BCUT2D eigenvalue weighted by Crippen LogP contribution is 2.29. The molecule has 5 nitrogen and oxygen atoms in total. The number of nitrogens with zero attached hydrogens (tertiary/aromatic N) is 2. The van der Waals surface area contributed by atoms with Gasteiger partial charge in [0.1, 0.15) is 0 Å². The number of carbonyl (C=O) groups excluding carboxylic acids is 1. The van der Waals surface area contributed by atoms with Crippen LogP contribution < -0.4 is 0 Å². The molecule has 1 saturated carbocycles. The minimum absolute atomic E-state index is 0.0532. The molecule has 1 N–H and O–H groups in total. The van der Waals surface area contributed by atoms with E-state index in [2.05, 4.69) is 6.58 Å². The van der Waals surface area contributed by atoms with E-state index < -0.39 is 5.97 Å². The van der Waals surface area contributed by atoms with Gasteiger partial charge in [0, 0.05) is 32.1 Å². The Kier molecular flexibility index (Phi) is 4.45. The van der Waals surface area contributed by atoms with Crippen molar-refractivity contribution in [2.75, 3.05) is 19.6 Å². The van der Waals surface area contributed by atoms with E-state index in [1.54, 1.807) is 6.08 Å². The Morgan fingerprint density at radius 1 is 1.37 bits per heavy atom. The van der Waals surface area contributed by atoms with E-state index >= 15 is 0 Å². The van der Waals surface area contributed by atoms with Crippen molar-refractivity contribution < 1.29 is 14.7 Å². The molecule has 0 radical (unpaired) electrons. The molecule has 1 unspecified atom stereocenters. The SMILES string of the molecule is C=CCN(C(=O)N1CCCC(CC(=O)O)C1)C1CC1. The van der Waals surface area contributed by atoms with E-state index in [-0.39, 0.29) is 18.4 Å². The van der Waals surface area contributed by atoms with Gasteiger partial charge in [0.15, 0.2) is 0 Å². The summed E-state index contributed by atoms with van der Waals surface area (Å²) in [5.74, 6) is -0.676. The van der Waals surface area contributed by atoms with Crippen LogP contribution in [0.1, 0.15) is 32.1 Å². The lowest BCUT2D eigenvalue weighted by Crippen LogP contribution is -2.48. The lowest BCUT2D eigenvalue weighted by Gasteiger charge is -2.36. The second-order valence-electron chi connectivity index (χ2n) is 5.51. The van der Waals surface area contributed by atoms with Crippen LogP contribution in [0.25, 0.3) is 0 Å². The summed E-state index contributed by atoms with van der Waals surface area (Å²) in [4.78, 5) is 26.9. The van der Waals surface area contributed by atoms with Gasteiger partial charge in [0.2, 0.25) is 0 Å². The fourth-order valence-electron chi connectivity index (χ4n) is 2.74. The number of likely N-dealkylation sites (tertiary alicyclic amines) is 1. The van der Waals surface area contributed by atoms with Gasteiger partial charge in [-0.15, -0.1) is 6.58 Å². The van der Waals surface area contributed by atoms with Crippen molar-refractivity contribution in [2.45, 2.75) is 38.1 Å². The molecular formula is C14H22N2O3. The Bertz CT molecular complexity index is 366. The third-order valence-corrected chi connectivity index (χ3v) is 3.81. The molecule has 0 aromatic carbocycles. The molecule has 0 aromatic rings. The third kappa shape index (κ3) is 3.72. The van der Waals surface area contributed by atoms with Gasteiger partial charge < -0.3 is 14.9 Å². The number of amides is 2. The van der Waals surface area contributed by atoms with E-state index in [0.29, 0.717) is 19.1 Å². The molecular weight excluding hydrogens is 244 g/mol. The van der Waals surface area contributed by atoms with E-state index in [0.717, 1.165) is 32.2 Å². The first-order chi connectivity index (χ1) is 9.11. The number of urea groups is 1. The average Bonchev–Trinajstić information content (AvgIpc) is 3.19. The van der Waals surface area contributed by atoms with Crippen LogP contribution in [0.3, 0.4) is 0 Å². The summed E-state index contributed by atoms with van der Waals surface area (Å²) in [6.07, 6.45) is 5.87. The van der Waals surface area contributed by atoms with Gasteiger partial charge in [-0.25, -0.2) is 4.79 Å². The van der Waals surface area contributed by atoms with Gasteiger partial charge in [0.05, 0.1) is 0 Å². The van der Waals surface area contributed by atoms with Crippen molar-refractivity contribution in [1.82, 2.24) is 9.80 Å². The lowest BCUT2D eigenvalue weighted by molar-refractivity contribution is -0.138. The molecule has 1 saturated heterocycles. The van der Waals surface area contributed by atoms with Crippen molar-refractivity contribution in [1.29, 1.82) is 0 Å². The molecule has 106 valence electrons. The highest BCUT2D eigenvalue weighted by molar-refractivity contribution is 5.75. The van der Waals surface area contributed by atoms with E-state index in [9.17, 15) is 9.59 Å². The van der Waals surface area contributed by atoms with E-state index in [1.165, 1.54) is 0 Å². The maximum absolute atomic E-state index is 12.5. The van der Waals surface area contributed by atoms with Crippen molar-refractivity contribution >= 4 is 12.0 Å². The molecule has 2 fully saturated rings. The van der Waals surface area contributed by atoms with Crippen LogP contribution in [0.2, 0.25) is 0 Å². The predicted molar refractivity (Wildman–Crippen MR) is 71.9 cm³/mol. The van der Waals surface area contributed by atoms with Crippen LogP contribution >= 0.6 is 0 Å². The molecule has 0 aromatic heterocycles. The van der Waals surface area contributed by atoms with E-state index in [1.807, 2.05) is 9.80 Å². The largest absolute Gasteiger partial charge is 0.481 e. The van der Waals surface area contributed by atoms with Crippen LogP contribution in [-0.2, 0) is 4.79 Å². The number of hydrogen-bond acceptors (Lipinski definition) is 2. The summed E-state index contributed by atoms with van der Waals surface area (Å²) < 4.78 is 0. The van der Waals surface area contributed by atoms with Gasteiger partial charge >= 0.3 is 12.0 Å². The average molecular weight is 266 g/mol. The number of carboxylic acid groups (broad SMARTS) is 1. The second-order valence-corrected chi connectivity index (χ2v) is 5.51. The standard InChI is InChI=1S/C14H22N2O3/c1-2-7-16(12-5-6-12)14(19)15-8-3-4-11(10-15)9-13(17)18/h2,11-12H,1,3-10H2,(H,17,18). The zero-order valence-electron chi connectivity index (χ0n) is 11.3. The van der Waals surface area contributed by atoms with E-state index in [4.69, 9.17) is 5.11 Å². The predicted octanol–water partition coefficient (Wildman–Crippen LogP) is 1.94. The third-order valence-electron chi connectivity index (χ3n) is 3.81. The summed E-state index contributed by atoms with van der Waals surface area (Å²) in [5, 5.41) is 8.86. The minimum Gasteiger partial charge on any atom is -0.481 e. The van der Waals surface area contributed by atoms with Gasteiger partial charge in [-0.1, -0.05) is 6.08 Å². The molecule has 1 atom stereocenters. The Morgan fingerprint density at radius 2 is 2.11 bits per heavy atom. The highest BCUT2D eigenvalue weighted by atomic mass is 16.4. The molecule has 0 spiro atoms. The van der Waals surface area contributed by atoms with Gasteiger partial charge in [0.25, 0.3) is 0 Å². The van der Waals surface area contributed by atoms with Crippen molar-refractivity contribution in [3.63, 3.8) is 0 Å². The Hall–Kier alpha value is -1.52. The number of piperidine rings is 1. The zero-order chi connectivity index (χ0) is 13.8. The first-order valence-electron chi connectivity index (χ1n) is 7.00. The summed E-state index contributed by atoms with van der Waals surface area (Å²) in [7, 11) is 0. The van der Waals surface area contributed by atoms with Crippen LogP contribution in [0, 0.1) is 5.92 Å². The molecule has 1 heterocycles. The molecule has 19 heavy (non-hydrogen) atoms. The molecule has 0 bridgehead atoms. The van der Waals surface area contributed by atoms with Gasteiger partial charge in [-0.05, 0) is 31.6 Å². The molecule has 2 aliphatic rings. The van der Waals surface area contributed by atoms with Gasteiger partial charge in [-0.3, -0.25) is 4.79 Å². The number of rotatable bonds is 5. The summed E-state index contributed by atoms with van der Waals surface area (Å²) in [6.45, 7) is 5.61. The number of carboxylic acids is 1. The normalized spacial score (nSPS) is 22.9. The quantitative estimate of drug-likeness (QED) is 0.774. The topological polar surface area (TPSA) is 60.9 Å². The minimum atomic E-state index is -0.774. The monoisotopic (exact) mass is 266 g/mol. The first kappa shape index (κ1) is 13.9. The maximum Gasteiger partial charge on any atom is 0.320 e. The lowest BCUT2D eigenvalue weighted by atomic mass is 9.95. The van der Waals surface area contributed by atoms with Crippen LogP contribution in [-0.4, -0.2) is 52.6 Å². The fraction of sp³-hybridized carbons (Fsp3) is 0.714. The molecule has 2 amide bonds. The van der Waals surface area contributed by atoms with Gasteiger partial charge in [-0.2, -0.15) is 0 Å². The number of aliphatic carboxylic acids is 1. The van der Waals surface area contributed by atoms with Crippen LogP contribution in [0.5, 0.6) is 0 Å². The number of carbonyl (C=O) groups is 2. The summed E-state index contributed by atoms with van der Waals surface area (Å²) in [6, 6.07) is 0.419. The fourth-order valence-corrected chi connectivity index (χ4v) is 2.74. The molecule has 5 heteroatoms. The Morgan fingerprint density at radius 3 is 2.68 bits per heavy atom. The number of hydrogen-bond donors (Lipinski definition) is 1. The Labute approximate surface area is 113 Å². The summed E-state index contributed by atoms with van der Waals surface area (Å²) in [5.41, 5.74) is 0. The first-order valence-corrected chi connectivity index (χ1v) is 7.00. The molecule has 2 rings (SSSR count). The van der Waals surface area contributed by atoms with Crippen molar-refractivity contribution in [3.05, 3.63) is 12.7 Å². The zero-order valence-corrected chi connectivity index (χ0v) is 11.3. The van der Waals surface area contributed by atoms with Crippen molar-refractivity contribution in [3.8, 4) is 0 Å². The smallest absolute Gasteiger partial charge is 0.320 e. The maximum atomic E-state index is 12.5. The molecule has 1 aliphatic heterocycles. The summed E-state index contributed by atoms with van der Waals surface area (Å²) >= 11 is 0.